The summed E-state index contributed by atoms with van der Waals surface area (Å²) in [7, 11) is 4.69. The van der Waals surface area contributed by atoms with Crippen molar-refractivity contribution in [2.24, 2.45) is 0 Å². The summed E-state index contributed by atoms with van der Waals surface area (Å²) in [5.41, 5.74) is 3.50. The third kappa shape index (κ3) is 5.44. The van der Waals surface area contributed by atoms with E-state index in [4.69, 9.17) is 14.2 Å². The fourth-order valence-corrected chi connectivity index (χ4v) is 5.45. The van der Waals surface area contributed by atoms with Crippen LogP contribution in [0.1, 0.15) is 29.7 Å². The number of nitrogens with one attached hydrogen (secondary N) is 1. The molecule has 1 aliphatic heterocycles. The highest BCUT2D eigenvalue weighted by Crippen LogP contribution is 2.49. The fourth-order valence-electron chi connectivity index (χ4n) is 4.19. The Morgan fingerprint density at radius 3 is 2.28 bits per heavy atom. The van der Waals surface area contributed by atoms with Gasteiger partial charge in [-0.15, -0.1) is 11.8 Å². The van der Waals surface area contributed by atoms with Gasteiger partial charge in [-0.05, 0) is 53.9 Å². The van der Waals surface area contributed by atoms with E-state index in [1.165, 1.54) is 5.56 Å². The maximum absolute atomic E-state index is 13.5. The van der Waals surface area contributed by atoms with Crippen molar-refractivity contribution >= 4 is 35.0 Å². The van der Waals surface area contributed by atoms with E-state index in [0.717, 1.165) is 22.6 Å². The highest BCUT2D eigenvalue weighted by molar-refractivity contribution is 7.99. The van der Waals surface area contributed by atoms with Gasteiger partial charge in [-0.2, -0.15) is 0 Å². The molecule has 2 amide bonds. The summed E-state index contributed by atoms with van der Waals surface area (Å²) in [5.74, 6) is 1.17. The molecule has 1 unspecified atom stereocenters. The largest absolute Gasteiger partial charge is 0.493 e. The summed E-state index contributed by atoms with van der Waals surface area (Å²) >= 11 is 1.58. The lowest BCUT2D eigenvalue weighted by Gasteiger charge is -2.22. The second-order valence-electron chi connectivity index (χ2n) is 8.32. The second-order valence-corrected chi connectivity index (χ2v) is 9.56. The number of rotatable bonds is 8. The first kappa shape index (κ1) is 25.4. The van der Waals surface area contributed by atoms with E-state index in [9.17, 15) is 9.59 Å². The second kappa shape index (κ2) is 11.4. The first-order valence-corrected chi connectivity index (χ1v) is 12.6. The van der Waals surface area contributed by atoms with Gasteiger partial charge in [0.25, 0.3) is 0 Å². The minimum atomic E-state index is -0.251. The van der Waals surface area contributed by atoms with E-state index in [1.54, 1.807) is 38.0 Å². The monoisotopic (exact) mass is 506 g/mol. The molecular weight excluding hydrogens is 476 g/mol. The van der Waals surface area contributed by atoms with Crippen LogP contribution in [-0.4, -0.2) is 39.7 Å². The zero-order valence-electron chi connectivity index (χ0n) is 20.9. The van der Waals surface area contributed by atoms with Crippen LogP contribution in [0.2, 0.25) is 0 Å². The zero-order valence-corrected chi connectivity index (χ0v) is 21.7. The van der Waals surface area contributed by atoms with Gasteiger partial charge in [-0.3, -0.25) is 9.59 Å². The average molecular weight is 507 g/mol. The van der Waals surface area contributed by atoms with Crippen molar-refractivity contribution in [1.29, 1.82) is 0 Å². The van der Waals surface area contributed by atoms with Gasteiger partial charge in [0.05, 0.1) is 27.0 Å². The van der Waals surface area contributed by atoms with Crippen LogP contribution in [0.4, 0.5) is 11.4 Å². The van der Waals surface area contributed by atoms with Crippen molar-refractivity contribution in [3.05, 3.63) is 71.8 Å². The minimum absolute atomic E-state index is 0.0755. The molecule has 0 bridgehead atoms. The van der Waals surface area contributed by atoms with Crippen LogP contribution in [0.15, 0.2) is 65.6 Å². The quantitative estimate of drug-likeness (QED) is 0.436. The SMILES string of the molecule is CCc1ccc(NC(=O)CN2C(=O)CC(c3cc(OC)c(OC)c(OC)c3)Sc3ccccc32)cc1. The Morgan fingerprint density at radius 2 is 1.67 bits per heavy atom. The third-order valence-corrected chi connectivity index (χ3v) is 7.42. The lowest BCUT2D eigenvalue weighted by atomic mass is 10.1. The van der Waals surface area contributed by atoms with Crippen LogP contribution in [0.5, 0.6) is 17.2 Å². The molecule has 8 heteroatoms. The van der Waals surface area contributed by atoms with Gasteiger partial charge in [0.15, 0.2) is 11.5 Å². The number of para-hydroxylation sites is 1. The van der Waals surface area contributed by atoms with Crippen molar-refractivity contribution < 1.29 is 23.8 Å². The average Bonchev–Trinajstić information content (AvgIpc) is 3.04. The Morgan fingerprint density at radius 1 is 1.00 bits per heavy atom. The minimum Gasteiger partial charge on any atom is -0.493 e. The van der Waals surface area contributed by atoms with E-state index in [0.29, 0.717) is 22.9 Å². The number of benzene rings is 3. The van der Waals surface area contributed by atoms with Crippen LogP contribution >= 0.6 is 11.8 Å². The number of nitrogens with zero attached hydrogens (tertiary/aromatic N) is 1. The normalized spacial score (nSPS) is 15.1. The number of amides is 2. The van der Waals surface area contributed by atoms with Crippen LogP contribution in [0.3, 0.4) is 0 Å². The van der Waals surface area contributed by atoms with Gasteiger partial charge in [0, 0.05) is 22.3 Å². The van der Waals surface area contributed by atoms with E-state index in [-0.39, 0.29) is 30.0 Å². The summed E-state index contributed by atoms with van der Waals surface area (Å²) in [5, 5.41) is 2.70. The van der Waals surface area contributed by atoms with Crippen LogP contribution in [0, 0.1) is 0 Å². The number of hydrogen-bond donors (Lipinski definition) is 1. The van der Waals surface area contributed by atoms with Crippen molar-refractivity contribution in [1.82, 2.24) is 0 Å². The molecule has 0 aliphatic carbocycles. The number of ether oxygens (including phenoxy) is 3. The number of methoxy groups -OCH3 is 3. The predicted octanol–water partition coefficient (Wildman–Crippen LogP) is 5.48. The maximum Gasteiger partial charge on any atom is 0.244 e. The molecule has 0 fully saturated rings. The van der Waals surface area contributed by atoms with Crippen molar-refractivity contribution in [2.45, 2.75) is 29.9 Å². The summed E-state index contributed by atoms with van der Waals surface area (Å²) in [6.07, 6.45) is 1.13. The standard InChI is InChI=1S/C28H30N2O5S/c1-5-18-10-12-20(13-11-18)29-26(31)17-30-21-8-6-7-9-24(21)36-25(16-27(30)32)19-14-22(33-2)28(35-4)23(15-19)34-3/h6-15,25H,5,16-17H2,1-4H3,(H,29,31). The topological polar surface area (TPSA) is 77.1 Å². The summed E-state index contributed by atoms with van der Waals surface area (Å²) in [4.78, 5) is 28.9. The first-order chi connectivity index (χ1) is 17.5. The van der Waals surface area contributed by atoms with Crippen molar-refractivity contribution in [3.63, 3.8) is 0 Å². The van der Waals surface area contributed by atoms with Crippen molar-refractivity contribution in [3.8, 4) is 17.2 Å². The molecule has 0 aromatic heterocycles. The summed E-state index contributed by atoms with van der Waals surface area (Å²) in [6.45, 7) is 2.01. The maximum atomic E-state index is 13.5. The molecule has 1 aliphatic rings. The van der Waals surface area contributed by atoms with E-state index >= 15 is 0 Å². The number of fused-ring (bicyclic) bond motifs is 1. The molecule has 0 saturated heterocycles. The smallest absolute Gasteiger partial charge is 0.244 e. The zero-order chi connectivity index (χ0) is 25.7. The Balaban J connectivity index is 1.61. The molecular formula is C28H30N2O5S. The molecule has 1 N–H and O–H groups in total. The number of hydrogen-bond acceptors (Lipinski definition) is 6. The van der Waals surface area contributed by atoms with Gasteiger partial charge >= 0.3 is 0 Å². The summed E-state index contributed by atoms with van der Waals surface area (Å²) in [6, 6.07) is 19.1. The number of thioether (sulfide) groups is 1. The molecule has 0 saturated carbocycles. The molecule has 188 valence electrons. The van der Waals surface area contributed by atoms with E-state index in [1.807, 2.05) is 60.7 Å². The van der Waals surface area contributed by atoms with Gasteiger partial charge < -0.3 is 24.4 Å². The number of anilines is 2. The van der Waals surface area contributed by atoms with Gasteiger partial charge in [0.1, 0.15) is 6.54 Å². The van der Waals surface area contributed by atoms with Gasteiger partial charge in [0.2, 0.25) is 17.6 Å². The Labute approximate surface area is 215 Å². The third-order valence-electron chi connectivity index (χ3n) is 6.09. The molecule has 36 heavy (non-hydrogen) atoms. The summed E-state index contributed by atoms with van der Waals surface area (Å²) < 4.78 is 16.5. The number of carbonyl (C=O) groups is 2. The first-order valence-electron chi connectivity index (χ1n) is 11.7. The molecule has 1 atom stereocenters. The van der Waals surface area contributed by atoms with E-state index < -0.39 is 0 Å². The lowest BCUT2D eigenvalue weighted by Crippen LogP contribution is -2.38. The van der Waals surface area contributed by atoms with E-state index in [2.05, 4.69) is 12.2 Å². The highest BCUT2D eigenvalue weighted by Gasteiger charge is 2.31. The number of aryl methyl sites for hydroxylation is 1. The van der Waals surface area contributed by atoms with Crippen LogP contribution < -0.4 is 24.4 Å². The van der Waals surface area contributed by atoms with Crippen LogP contribution in [-0.2, 0) is 16.0 Å². The fraction of sp³-hybridized carbons (Fsp3) is 0.286. The highest BCUT2D eigenvalue weighted by atomic mass is 32.2. The molecule has 4 rings (SSSR count). The molecule has 0 spiro atoms. The van der Waals surface area contributed by atoms with Gasteiger partial charge in [-0.1, -0.05) is 31.2 Å². The lowest BCUT2D eigenvalue weighted by molar-refractivity contribution is -0.121. The Kier molecular flexibility index (Phi) is 8.05. The Hall–Kier alpha value is -3.65. The van der Waals surface area contributed by atoms with Crippen molar-refractivity contribution in [2.75, 3.05) is 38.1 Å². The number of carbonyl (C=O) groups excluding carboxylic acids is 2. The van der Waals surface area contributed by atoms with Crippen LogP contribution in [0.25, 0.3) is 0 Å². The predicted molar refractivity (Wildman–Crippen MR) is 143 cm³/mol. The molecule has 0 radical (unpaired) electrons. The van der Waals surface area contributed by atoms with Gasteiger partial charge in [-0.25, -0.2) is 0 Å². The molecule has 3 aromatic carbocycles. The molecule has 1 heterocycles. The molecule has 7 nitrogen and oxygen atoms in total. The Bertz CT molecular complexity index is 1220. The molecule has 3 aromatic rings.